The minimum atomic E-state index is 0.0384. The predicted octanol–water partition coefficient (Wildman–Crippen LogP) is 2.29. The van der Waals surface area contributed by atoms with Crippen molar-refractivity contribution in [1.82, 2.24) is 5.32 Å². The van der Waals surface area contributed by atoms with Crippen molar-refractivity contribution in [2.75, 3.05) is 6.54 Å². The van der Waals surface area contributed by atoms with Crippen molar-refractivity contribution in [2.24, 2.45) is 0 Å². The molecule has 0 spiro atoms. The molecule has 0 aliphatic carbocycles. The van der Waals surface area contributed by atoms with Crippen LogP contribution in [0.5, 0.6) is 0 Å². The summed E-state index contributed by atoms with van der Waals surface area (Å²) in [6.07, 6.45) is 0.909. The Morgan fingerprint density at radius 3 is 2.33 bits per heavy atom. The number of rotatable bonds is 3. The van der Waals surface area contributed by atoms with Gasteiger partial charge in [-0.2, -0.15) is 0 Å². The van der Waals surface area contributed by atoms with Gasteiger partial charge in [0.2, 0.25) is 5.91 Å². The minimum absolute atomic E-state index is 0.0384. The fraction of sp³-hybridized carbons (Fsp3) is 0.462. The van der Waals surface area contributed by atoms with Crippen LogP contribution in [-0.2, 0) is 11.2 Å². The highest BCUT2D eigenvalue weighted by atomic mass is 16.1. The highest BCUT2D eigenvalue weighted by Crippen LogP contribution is 2.15. The van der Waals surface area contributed by atoms with E-state index in [9.17, 15) is 4.79 Å². The van der Waals surface area contributed by atoms with Gasteiger partial charge in [0.1, 0.15) is 0 Å². The summed E-state index contributed by atoms with van der Waals surface area (Å²) >= 11 is 0. The monoisotopic (exact) mass is 205 g/mol. The van der Waals surface area contributed by atoms with E-state index in [1.807, 2.05) is 0 Å². The highest BCUT2D eigenvalue weighted by Gasteiger charge is 2.01. The Bertz CT molecular complexity index is 369. The zero-order valence-corrected chi connectivity index (χ0v) is 9.98. The van der Waals surface area contributed by atoms with Crippen molar-refractivity contribution in [3.63, 3.8) is 0 Å². The maximum Gasteiger partial charge on any atom is 0.216 e. The first-order valence-electron chi connectivity index (χ1n) is 5.32. The minimum Gasteiger partial charge on any atom is -0.356 e. The van der Waals surface area contributed by atoms with Gasteiger partial charge in [-0.3, -0.25) is 4.79 Å². The van der Waals surface area contributed by atoms with E-state index in [4.69, 9.17) is 0 Å². The van der Waals surface area contributed by atoms with Gasteiger partial charge < -0.3 is 5.32 Å². The van der Waals surface area contributed by atoms with Gasteiger partial charge >= 0.3 is 0 Å². The van der Waals surface area contributed by atoms with E-state index in [1.165, 1.54) is 22.3 Å². The van der Waals surface area contributed by atoms with Crippen molar-refractivity contribution in [3.05, 3.63) is 34.4 Å². The highest BCUT2D eigenvalue weighted by molar-refractivity contribution is 5.72. The van der Waals surface area contributed by atoms with E-state index < -0.39 is 0 Å². The summed E-state index contributed by atoms with van der Waals surface area (Å²) in [5.41, 5.74) is 5.28. The topological polar surface area (TPSA) is 29.1 Å². The first kappa shape index (κ1) is 11.8. The molecule has 0 saturated carbocycles. The summed E-state index contributed by atoms with van der Waals surface area (Å²) in [4.78, 5) is 10.7. The molecule has 0 bridgehead atoms. The Hall–Kier alpha value is -1.31. The second-order valence-electron chi connectivity index (χ2n) is 4.10. The average molecular weight is 205 g/mol. The molecule has 1 aromatic carbocycles. The van der Waals surface area contributed by atoms with Crippen molar-refractivity contribution in [1.29, 1.82) is 0 Å². The van der Waals surface area contributed by atoms with Gasteiger partial charge in [0, 0.05) is 13.5 Å². The standard InChI is InChI=1S/C13H19NO/c1-9-7-11(3)13(8-10(9)2)5-6-14-12(4)15/h7-8H,5-6H2,1-4H3,(H,14,15). The van der Waals surface area contributed by atoms with Crippen LogP contribution in [0, 0.1) is 20.8 Å². The van der Waals surface area contributed by atoms with Crippen LogP contribution < -0.4 is 5.32 Å². The number of carbonyl (C=O) groups is 1. The van der Waals surface area contributed by atoms with Crippen LogP contribution in [0.3, 0.4) is 0 Å². The molecule has 1 aromatic rings. The summed E-state index contributed by atoms with van der Waals surface area (Å²) in [5, 5.41) is 2.82. The number of benzene rings is 1. The van der Waals surface area contributed by atoms with Gasteiger partial charge in [-0.25, -0.2) is 0 Å². The van der Waals surface area contributed by atoms with Gasteiger partial charge in [-0.15, -0.1) is 0 Å². The quantitative estimate of drug-likeness (QED) is 0.806. The third-order valence-electron chi connectivity index (χ3n) is 2.72. The summed E-state index contributed by atoms with van der Waals surface area (Å²) < 4.78 is 0. The summed E-state index contributed by atoms with van der Waals surface area (Å²) in [6, 6.07) is 4.42. The average Bonchev–Trinajstić information content (AvgIpc) is 2.13. The molecule has 15 heavy (non-hydrogen) atoms. The van der Waals surface area contributed by atoms with Crippen LogP contribution in [-0.4, -0.2) is 12.5 Å². The SMILES string of the molecule is CC(=O)NCCc1cc(C)c(C)cc1C. The number of hydrogen-bond acceptors (Lipinski definition) is 1. The van der Waals surface area contributed by atoms with Gasteiger partial charge in [-0.05, 0) is 49.4 Å². The van der Waals surface area contributed by atoms with E-state index in [1.54, 1.807) is 6.92 Å². The maximum atomic E-state index is 10.7. The van der Waals surface area contributed by atoms with Crippen molar-refractivity contribution in [2.45, 2.75) is 34.1 Å². The Morgan fingerprint density at radius 1 is 1.13 bits per heavy atom. The molecule has 2 heteroatoms. The molecule has 0 aliphatic rings. The van der Waals surface area contributed by atoms with Crippen LogP contribution in [0.2, 0.25) is 0 Å². The lowest BCUT2D eigenvalue weighted by Crippen LogP contribution is -2.22. The van der Waals surface area contributed by atoms with Crippen LogP contribution >= 0.6 is 0 Å². The van der Waals surface area contributed by atoms with Crippen LogP contribution in [0.15, 0.2) is 12.1 Å². The molecule has 0 heterocycles. The molecule has 0 saturated heterocycles. The zero-order valence-electron chi connectivity index (χ0n) is 9.98. The number of nitrogens with one attached hydrogen (secondary N) is 1. The van der Waals surface area contributed by atoms with Gasteiger partial charge in [0.05, 0.1) is 0 Å². The molecule has 0 unspecified atom stereocenters. The van der Waals surface area contributed by atoms with Crippen LogP contribution in [0.4, 0.5) is 0 Å². The van der Waals surface area contributed by atoms with Gasteiger partial charge in [-0.1, -0.05) is 12.1 Å². The molecule has 82 valence electrons. The van der Waals surface area contributed by atoms with Crippen LogP contribution in [0.25, 0.3) is 0 Å². The number of carbonyl (C=O) groups excluding carboxylic acids is 1. The molecule has 1 amide bonds. The maximum absolute atomic E-state index is 10.7. The Kier molecular flexibility index (Phi) is 3.89. The van der Waals surface area contributed by atoms with Crippen molar-refractivity contribution in [3.8, 4) is 0 Å². The molecule has 2 nitrogen and oxygen atoms in total. The summed E-state index contributed by atoms with van der Waals surface area (Å²) in [6.45, 7) is 8.64. The number of hydrogen-bond donors (Lipinski definition) is 1. The Morgan fingerprint density at radius 2 is 1.73 bits per heavy atom. The molecule has 0 fully saturated rings. The Labute approximate surface area is 91.7 Å². The second-order valence-corrected chi connectivity index (χ2v) is 4.10. The first-order valence-corrected chi connectivity index (χ1v) is 5.32. The number of amides is 1. The third-order valence-corrected chi connectivity index (χ3v) is 2.72. The van der Waals surface area contributed by atoms with Gasteiger partial charge in [0.15, 0.2) is 0 Å². The molecule has 1 N–H and O–H groups in total. The second kappa shape index (κ2) is 4.96. The molecular formula is C13H19NO. The van der Waals surface area contributed by atoms with E-state index in [0.29, 0.717) is 0 Å². The predicted molar refractivity (Wildman–Crippen MR) is 63.0 cm³/mol. The molecule has 0 aliphatic heterocycles. The van der Waals surface area contributed by atoms with E-state index in [2.05, 4.69) is 38.2 Å². The first-order chi connectivity index (χ1) is 7.00. The smallest absolute Gasteiger partial charge is 0.216 e. The van der Waals surface area contributed by atoms with E-state index in [0.717, 1.165) is 13.0 Å². The molecule has 0 aromatic heterocycles. The zero-order chi connectivity index (χ0) is 11.4. The lowest BCUT2D eigenvalue weighted by atomic mass is 9.99. The fourth-order valence-electron chi connectivity index (χ4n) is 1.66. The molecule has 0 radical (unpaired) electrons. The molecular weight excluding hydrogens is 186 g/mol. The van der Waals surface area contributed by atoms with Crippen LogP contribution in [0.1, 0.15) is 29.2 Å². The van der Waals surface area contributed by atoms with Crippen molar-refractivity contribution >= 4 is 5.91 Å². The van der Waals surface area contributed by atoms with E-state index in [-0.39, 0.29) is 5.91 Å². The summed E-state index contributed by atoms with van der Waals surface area (Å²) in [5.74, 6) is 0.0384. The Balaban J connectivity index is 2.69. The molecule has 0 atom stereocenters. The summed E-state index contributed by atoms with van der Waals surface area (Å²) in [7, 11) is 0. The lowest BCUT2D eigenvalue weighted by molar-refractivity contribution is -0.118. The molecule has 1 rings (SSSR count). The fourth-order valence-corrected chi connectivity index (χ4v) is 1.66. The van der Waals surface area contributed by atoms with E-state index >= 15 is 0 Å². The number of aryl methyl sites for hydroxylation is 3. The normalized spacial score (nSPS) is 10.1. The third kappa shape index (κ3) is 3.39. The largest absolute Gasteiger partial charge is 0.356 e. The van der Waals surface area contributed by atoms with Gasteiger partial charge in [0.25, 0.3) is 0 Å². The van der Waals surface area contributed by atoms with Crippen molar-refractivity contribution < 1.29 is 4.79 Å². The lowest BCUT2D eigenvalue weighted by Gasteiger charge is -2.09.